The molecule has 1 heterocycles. The predicted octanol–water partition coefficient (Wildman–Crippen LogP) is 3.69. The minimum atomic E-state index is -0.102. The first-order valence-electron chi connectivity index (χ1n) is 7.26. The van der Waals surface area contributed by atoms with E-state index in [-0.39, 0.29) is 5.91 Å². The number of nitrogens with one attached hydrogen (secondary N) is 1. The molecule has 0 aliphatic rings. The first-order valence-corrected chi connectivity index (χ1v) is 7.26. The Kier molecular flexibility index (Phi) is 4.01. The van der Waals surface area contributed by atoms with Crippen molar-refractivity contribution in [3.63, 3.8) is 0 Å². The molecule has 3 rings (SSSR count). The Morgan fingerprint density at radius 2 is 1.82 bits per heavy atom. The van der Waals surface area contributed by atoms with Crippen LogP contribution < -0.4 is 5.32 Å². The van der Waals surface area contributed by atoms with E-state index < -0.39 is 0 Å². The summed E-state index contributed by atoms with van der Waals surface area (Å²) in [4.78, 5) is 12.2. The fourth-order valence-corrected chi connectivity index (χ4v) is 2.21. The Balaban J connectivity index is 1.71. The number of rotatable bonds is 4. The van der Waals surface area contributed by atoms with E-state index in [4.69, 9.17) is 0 Å². The van der Waals surface area contributed by atoms with E-state index in [9.17, 15) is 4.79 Å². The summed E-state index contributed by atoms with van der Waals surface area (Å²) in [5.41, 5.74) is 3.60. The molecule has 0 aliphatic heterocycles. The smallest absolute Gasteiger partial charge is 0.255 e. The summed E-state index contributed by atoms with van der Waals surface area (Å²) < 4.78 is 1.77. The standard InChI is InChI=1S/C18H17N3O/c1-2-14-4-6-15(7-5-14)18(22)20-16-8-10-17(11-9-16)21-13-3-12-19-21/h3-13H,2H2,1H3,(H,20,22). The maximum absolute atomic E-state index is 12.2. The van der Waals surface area contributed by atoms with Crippen LogP contribution in [0.4, 0.5) is 5.69 Å². The van der Waals surface area contributed by atoms with Gasteiger partial charge >= 0.3 is 0 Å². The van der Waals surface area contributed by atoms with Crippen LogP contribution in [0.2, 0.25) is 0 Å². The average Bonchev–Trinajstić information content (AvgIpc) is 3.10. The van der Waals surface area contributed by atoms with E-state index in [1.807, 2.05) is 60.8 Å². The molecule has 110 valence electrons. The monoisotopic (exact) mass is 291 g/mol. The second-order valence-electron chi connectivity index (χ2n) is 5.00. The molecular formula is C18H17N3O. The van der Waals surface area contributed by atoms with Gasteiger partial charge in [-0.05, 0) is 54.4 Å². The van der Waals surface area contributed by atoms with Crippen molar-refractivity contribution >= 4 is 11.6 Å². The molecule has 0 saturated heterocycles. The molecule has 0 radical (unpaired) electrons. The van der Waals surface area contributed by atoms with Crippen LogP contribution in [-0.4, -0.2) is 15.7 Å². The van der Waals surface area contributed by atoms with Gasteiger partial charge in [0.25, 0.3) is 5.91 Å². The number of hydrogen-bond acceptors (Lipinski definition) is 2. The quantitative estimate of drug-likeness (QED) is 0.797. The topological polar surface area (TPSA) is 46.9 Å². The van der Waals surface area contributed by atoms with Gasteiger partial charge in [-0.3, -0.25) is 4.79 Å². The first kappa shape index (κ1) is 14.1. The van der Waals surface area contributed by atoms with Crippen molar-refractivity contribution in [2.75, 3.05) is 5.32 Å². The molecule has 0 fully saturated rings. The third kappa shape index (κ3) is 3.06. The van der Waals surface area contributed by atoms with Gasteiger partial charge in [-0.2, -0.15) is 5.10 Å². The van der Waals surface area contributed by atoms with Crippen LogP contribution in [0.25, 0.3) is 5.69 Å². The van der Waals surface area contributed by atoms with Crippen molar-refractivity contribution in [1.29, 1.82) is 0 Å². The van der Waals surface area contributed by atoms with E-state index in [0.29, 0.717) is 5.56 Å². The maximum atomic E-state index is 12.2. The molecule has 1 N–H and O–H groups in total. The van der Waals surface area contributed by atoms with Crippen molar-refractivity contribution in [2.45, 2.75) is 13.3 Å². The number of hydrogen-bond donors (Lipinski definition) is 1. The minimum Gasteiger partial charge on any atom is -0.322 e. The van der Waals surface area contributed by atoms with E-state index in [1.54, 1.807) is 10.9 Å². The van der Waals surface area contributed by atoms with Crippen LogP contribution in [0, 0.1) is 0 Å². The van der Waals surface area contributed by atoms with Crippen molar-refractivity contribution in [2.24, 2.45) is 0 Å². The molecule has 1 amide bonds. The van der Waals surface area contributed by atoms with Crippen LogP contribution >= 0.6 is 0 Å². The van der Waals surface area contributed by atoms with Gasteiger partial charge in [0.05, 0.1) is 5.69 Å². The average molecular weight is 291 g/mol. The maximum Gasteiger partial charge on any atom is 0.255 e. The van der Waals surface area contributed by atoms with Gasteiger partial charge in [0.2, 0.25) is 0 Å². The summed E-state index contributed by atoms with van der Waals surface area (Å²) in [6.45, 7) is 2.09. The highest BCUT2D eigenvalue weighted by Crippen LogP contribution is 2.14. The van der Waals surface area contributed by atoms with Crippen LogP contribution in [0.1, 0.15) is 22.8 Å². The Bertz CT molecular complexity index is 744. The molecule has 0 spiro atoms. The fourth-order valence-electron chi connectivity index (χ4n) is 2.21. The third-order valence-corrected chi connectivity index (χ3v) is 3.52. The Hall–Kier alpha value is -2.88. The van der Waals surface area contributed by atoms with E-state index in [0.717, 1.165) is 17.8 Å². The minimum absolute atomic E-state index is 0.102. The van der Waals surface area contributed by atoms with Gasteiger partial charge in [0, 0.05) is 23.6 Å². The highest BCUT2D eigenvalue weighted by Gasteiger charge is 2.06. The summed E-state index contributed by atoms with van der Waals surface area (Å²) in [7, 11) is 0. The lowest BCUT2D eigenvalue weighted by Gasteiger charge is -2.07. The van der Waals surface area contributed by atoms with Gasteiger partial charge in [0.1, 0.15) is 0 Å². The molecule has 0 saturated carbocycles. The molecule has 3 aromatic rings. The van der Waals surface area contributed by atoms with Crippen molar-refractivity contribution in [1.82, 2.24) is 9.78 Å². The summed E-state index contributed by atoms with van der Waals surface area (Å²) in [6.07, 6.45) is 4.58. The predicted molar refractivity (Wildman–Crippen MR) is 87.3 cm³/mol. The zero-order valence-electron chi connectivity index (χ0n) is 12.4. The normalized spacial score (nSPS) is 10.4. The molecule has 22 heavy (non-hydrogen) atoms. The number of aryl methyl sites for hydroxylation is 1. The number of anilines is 1. The highest BCUT2D eigenvalue weighted by molar-refractivity contribution is 6.04. The Morgan fingerprint density at radius 1 is 1.09 bits per heavy atom. The number of carbonyl (C=O) groups excluding carboxylic acids is 1. The zero-order valence-corrected chi connectivity index (χ0v) is 12.4. The van der Waals surface area contributed by atoms with Crippen LogP contribution in [-0.2, 0) is 6.42 Å². The van der Waals surface area contributed by atoms with Gasteiger partial charge in [-0.15, -0.1) is 0 Å². The molecule has 0 unspecified atom stereocenters. The van der Waals surface area contributed by atoms with Gasteiger partial charge < -0.3 is 5.32 Å². The molecule has 4 nitrogen and oxygen atoms in total. The lowest BCUT2D eigenvalue weighted by molar-refractivity contribution is 0.102. The molecular weight excluding hydrogens is 274 g/mol. The lowest BCUT2D eigenvalue weighted by Crippen LogP contribution is -2.11. The fraction of sp³-hybridized carbons (Fsp3) is 0.111. The van der Waals surface area contributed by atoms with Crippen molar-refractivity contribution in [3.8, 4) is 5.69 Å². The summed E-state index contributed by atoms with van der Waals surface area (Å²) >= 11 is 0. The number of amides is 1. The molecule has 0 atom stereocenters. The van der Waals surface area contributed by atoms with Gasteiger partial charge in [0.15, 0.2) is 0 Å². The first-order chi connectivity index (χ1) is 10.8. The molecule has 2 aromatic carbocycles. The van der Waals surface area contributed by atoms with Crippen molar-refractivity contribution < 1.29 is 4.79 Å². The zero-order chi connectivity index (χ0) is 15.4. The van der Waals surface area contributed by atoms with Gasteiger partial charge in [-0.25, -0.2) is 4.68 Å². The van der Waals surface area contributed by atoms with Crippen LogP contribution in [0.5, 0.6) is 0 Å². The third-order valence-electron chi connectivity index (χ3n) is 3.52. The number of aromatic nitrogens is 2. The Morgan fingerprint density at radius 3 is 2.41 bits per heavy atom. The SMILES string of the molecule is CCc1ccc(C(=O)Nc2ccc(-n3cccn3)cc2)cc1. The van der Waals surface area contributed by atoms with E-state index in [1.165, 1.54) is 5.56 Å². The lowest BCUT2D eigenvalue weighted by atomic mass is 10.1. The van der Waals surface area contributed by atoms with E-state index >= 15 is 0 Å². The van der Waals surface area contributed by atoms with Crippen molar-refractivity contribution in [3.05, 3.63) is 78.1 Å². The second kappa shape index (κ2) is 6.26. The largest absolute Gasteiger partial charge is 0.322 e. The molecule has 1 aromatic heterocycles. The summed E-state index contributed by atoms with van der Waals surface area (Å²) in [5.74, 6) is -0.102. The Labute approximate surface area is 129 Å². The molecule has 0 bridgehead atoms. The number of benzene rings is 2. The van der Waals surface area contributed by atoms with E-state index in [2.05, 4.69) is 17.3 Å². The summed E-state index contributed by atoms with van der Waals surface area (Å²) in [5, 5.41) is 7.07. The van der Waals surface area contributed by atoms with Crippen LogP contribution in [0.3, 0.4) is 0 Å². The molecule has 4 heteroatoms. The van der Waals surface area contributed by atoms with Gasteiger partial charge in [-0.1, -0.05) is 19.1 Å². The highest BCUT2D eigenvalue weighted by atomic mass is 16.1. The number of nitrogens with zero attached hydrogens (tertiary/aromatic N) is 2. The second-order valence-corrected chi connectivity index (χ2v) is 5.00. The molecule has 0 aliphatic carbocycles. The number of carbonyl (C=O) groups is 1. The summed E-state index contributed by atoms with van der Waals surface area (Å²) in [6, 6.07) is 17.1. The van der Waals surface area contributed by atoms with Crippen LogP contribution in [0.15, 0.2) is 67.0 Å².